The molecule has 0 saturated heterocycles. The molecular weight excluding hydrogens is 304 g/mol. The quantitative estimate of drug-likeness (QED) is 0.620. The zero-order valence-electron chi connectivity index (χ0n) is 11.8. The van der Waals surface area contributed by atoms with Crippen LogP contribution in [0, 0.1) is 0 Å². The standard InChI is InChI=1S/C15H25BrOSi/c1-4-6-11-18(17-3,12-7-5-2)15-10-8-9-14(16)13-15/h8-10,13H,4-7,11-12H2,1-3H3. The van der Waals surface area contributed by atoms with Crippen LogP contribution in [-0.2, 0) is 4.43 Å². The van der Waals surface area contributed by atoms with Gasteiger partial charge in [-0.1, -0.05) is 67.6 Å². The Morgan fingerprint density at radius 3 is 2.17 bits per heavy atom. The number of benzene rings is 1. The number of hydrogen-bond donors (Lipinski definition) is 0. The van der Waals surface area contributed by atoms with Gasteiger partial charge in [0.15, 0.2) is 0 Å². The molecule has 0 saturated carbocycles. The molecule has 0 aromatic heterocycles. The first-order valence-corrected chi connectivity index (χ1v) is 10.1. The molecule has 0 aliphatic rings. The maximum Gasteiger partial charge on any atom is 0.223 e. The fourth-order valence-electron chi connectivity index (χ4n) is 2.43. The highest BCUT2D eigenvalue weighted by Gasteiger charge is 2.34. The van der Waals surface area contributed by atoms with E-state index in [9.17, 15) is 0 Å². The molecule has 0 aliphatic carbocycles. The van der Waals surface area contributed by atoms with Crippen molar-refractivity contribution >= 4 is 29.4 Å². The predicted molar refractivity (Wildman–Crippen MR) is 86.0 cm³/mol. The third kappa shape index (κ3) is 4.21. The van der Waals surface area contributed by atoms with Crippen LogP contribution >= 0.6 is 15.9 Å². The van der Waals surface area contributed by atoms with Crippen molar-refractivity contribution in [1.82, 2.24) is 0 Å². The minimum atomic E-state index is -1.75. The SMILES string of the molecule is CCCC[Si](CCCC)(OC)c1cccc(Br)c1. The largest absolute Gasteiger partial charge is 0.415 e. The Kier molecular flexibility index (Phi) is 7.20. The summed E-state index contributed by atoms with van der Waals surface area (Å²) in [6.45, 7) is 4.52. The van der Waals surface area contributed by atoms with Gasteiger partial charge in [-0.2, -0.15) is 0 Å². The van der Waals surface area contributed by atoms with E-state index in [0.29, 0.717) is 0 Å². The van der Waals surface area contributed by atoms with Gasteiger partial charge in [0.25, 0.3) is 0 Å². The van der Waals surface area contributed by atoms with Crippen LogP contribution in [-0.4, -0.2) is 15.4 Å². The Labute approximate surface area is 121 Å². The second-order valence-corrected chi connectivity index (χ2v) is 9.81. The lowest BCUT2D eigenvalue weighted by Crippen LogP contribution is -2.49. The second kappa shape index (κ2) is 8.13. The molecule has 102 valence electrons. The molecule has 0 aliphatic heterocycles. The average Bonchev–Trinajstić information content (AvgIpc) is 2.40. The van der Waals surface area contributed by atoms with Gasteiger partial charge in [-0.3, -0.25) is 0 Å². The topological polar surface area (TPSA) is 9.23 Å². The van der Waals surface area contributed by atoms with Gasteiger partial charge in [0.05, 0.1) is 0 Å². The molecule has 0 radical (unpaired) electrons. The summed E-state index contributed by atoms with van der Waals surface area (Å²) in [5.74, 6) is 0. The first-order valence-electron chi connectivity index (χ1n) is 6.99. The lowest BCUT2D eigenvalue weighted by atomic mass is 10.4. The number of hydrogen-bond acceptors (Lipinski definition) is 1. The third-order valence-corrected chi connectivity index (χ3v) is 8.57. The van der Waals surface area contributed by atoms with Crippen molar-refractivity contribution in [3.63, 3.8) is 0 Å². The van der Waals surface area contributed by atoms with Gasteiger partial charge in [-0.15, -0.1) is 0 Å². The van der Waals surface area contributed by atoms with E-state index in [4.69, 9.17) is 4.43 Å². The summed E-state index contributed by atoms with van der Waals surface area (Å²) < 4.78 is 7.27. The lowest BCUT2D eigenvalue weighted by molar-refractivity contribution is 0.398. The van der Waals surface area contributed by atoms with Gasteiger partial charge in [-0.25, -0.2) is 0 Å². The number of rotatable bonds is 8. The van der Waals surface area contributed by atoms with Crippen LogP contribution in [0.15, 0.2) is 28.7 Å². The summed E-state index contributed by atoms with van der Waals surface area (Å²) in [6.07, 6.45) is 5.04. The zero-order chi connectivity index (χ0) is 13.4. The molecule has 3 heteroatoms. The summed E-state index contributed by atoms with van der Waals surface area (Å²) in [7, 11) is 0.166. The van der Waals surface area contributed by atoms with Gasteiger partial charge in [0, 0.05) is 11.6 Å². The number of halogens is 1. The Morgan fingerprint density at radius 1 is 1.11 bits per heavy atom. The highest BCUT2D eigenvalue weighted by Crippen LogP contribution is 2.24. The van der Waals surface area contributed by atoms with E-state index in [1.807, 2.05) is 7.11 Å². The average molecular weight is 329 g/mol. The van der Waals surface area contributed by atoms with E-state index in [1.165, 1.54) is 47.4 Å². The van der Waals surface area contributed by atoms with Crippen molar-refractivity contribution in [2.24, 2.45) is 0 Å². The van der Waals surface area contributed by atoms with E-state index in [-0.39, 0.29) is 0 Å². The molecular formula is C15H25BrOSi. The Bertz CT molecular complexity index is 346. The molecule has 0 amide bonds. The first kappa shape index (κ1) is 15.9. The van der Waals surface area contributed by atoms with Crippen LogP contribution in [0.2, 0.25) is 12.1 Å². The van der Waals surface area contributed by atoms with Crippen LogP contribution in [0.4, 0.5) is 0 Å². The Hall–Kier alpha value is -0.123. The van der Waals surface area contributed by atoms with Gasteiger partial charge in [0.1, 0.15) is 0 Å². The molecule has 1 aromatic rings. The predicted octanol–water partition coefficient (Wildman–Crippen LogP) is 4.85. The van der Waals surface area contributed by atoms with Crippen LogP contribution in [0.3, 0.4) is 0 Å². The zero-order valence-corrected chi connectivity index (χ0v) is 14.4. The molecule has 0 unspecified atom stereocenters. The molecule has 0 spiro atoms. The fraction of sp³-hybridized carbons (Fsp3) is 0.600. The van der Waals surface area contributed by atoms with Crippen LogP contribution < -0.4 is 5.19 Å². The van der Waals surface area contributed by atoms with E-state index in [2.05, 4.69) is 54.0 Å². The Balaban J connectivity index is 2.99. The summed E-state index contributed by atoms with van der Waals surface area (Å²) >= 11 is 3.59. The van der Waals surface area contributed by atoms with Crippen molar-refractivity contribution in [3.8, 4) is 0 Å². The smallest absolute Gasteiger partial charge is 0.223 e. The second-order valence-electron chi connectivity index (χ2n) is 4.92. The van der Waals surface area contributed by atoms with Gasteiger partial charge in [-0.05, 0) is 29.4 Å². The summed E-state index contributed by atoms with van der Waals surface area (Å²) in [6, 6.07) is 11.2. The molecule has 18 heavy (non-hydrogen) atoms. The first-order chi connectivity index (χ1) is 8.68. The summed E-state index contributed by atoms with van der Waals surface area (Å²) in [4.78, 5) is 0. The van der Waals surface area contributed by atoms with E-state index < -0.39 is 8.32 Å². The maximum absolute atomic E-state index is 6.10. The van der Waals surface area contributed by atoms with E-state index in [1.54, 1.807) is 0 Å². The third-order valence-electron chi connectivity index (χ3n) is 3.61. The van der Waals surface area contributed by atoms with Gasteiger partial charge in [0.2, 0.25) is 8.32 Å². The van der Waals surface area contributed by atoms with Gasteiger partial charge >= 0.3 is 0 Å². The maximum atomic E-state index is 6.10. The van der Waals surface area contributed by atoms with Crippen molar-refractivity contribution in [3.05, 3.63) is 28.7 Å². The van der Waals surface area contributed by atoms with Crippen LogP contribution in [0.5, 0.6) is 0 Å². The van der Waals surface area contributed by atoms with Crippen LogP contribution in [0.1, 0.15) is 39.5 Å². The molecule has 0 atom stereocenters. The highest BCUT2D eigenvalue weighted by atomic mass is 79.9. The molecule has 1 nitrogen and oxygen atoms in total. The minimum absolute atomic E-state index is 1.17. The van der Waals surface area contributed by atoms with Crippen molar-refractivity contribution in [2.75, 3.05) is 7.11 Å². The molecule has 0 N–H and O–H groups in total. The molecule has 1 rings (SSSR count). The minimum Gasteiger partial charge on any atom is -0.415 e. The van der Waals surface area contributed by atoms with Crippen molar-refractivity contribution in [2.45, 2.75) is 51.6 Å². The summed E-state index contributed by atoms with van der Waals surface area (Å²) in [5.41, 5.74) is 0. The fourth-order valence-corrected chi connectivity index (χ4v) is 7.18. The molecule has 0 bridgehead atoms. The van der Waals surface area contributed by atoms with Crippen LogP contribution in [0.25, 0.3) is 0 Å². The Morgan fingerprint density at radius 2 is 1.72 bits per heavy atom. The molecule has 1 aromatic carbocycles. The van der Waals surface area contributed by atoms with Crippen molar-refractivity contribution in [1.29, 1.82) is 0 Å². The lowest BCUT2D eigenvalue weighted by Gasteiger charge is -2.30. The van der Waals surface area contributed by atoms with Crippen molar-refractivity contribution < 1.29 is 4.43 Å². The monoisotopic (exact) mass is 328 g/mol. The van der Waals surface area contributed by atoms with E-state index >= 15 is 0 Å². The molecule has 0 heterocycles. The summed E-state index contributed by atoms with van der Waals surface area (Å²) in [5, 5.41) is 1.45. The van der Waals surface area contributed by atoms with Gasteiger partial charge < -0.3 is 4.43 Å². The molecule has 0 fully saturated rings. The van der Waals surface area contributed by atoms with E-state index in [0.717, 1.165) is 0 Å². The number of unbranched alkanes of at least 4 members (excludes halogenated alkanes) is 2. The highest BCUT2D eigenvalue weighted by molar-refractivity contribution is 9.10. The normalized spacial score (nSPS) is 11.8.